The van der Waals surface area contributed by atoms with Crippen LogP contribution in [0, 0.1) is 17.0 Å². The van der Waals surface area contributed by atoms with E-state index in [0.717, 1.165) is 17.3 Å². The number of hydrogen-bond acceptors (Lipinski definition) is 4. The van der Waals surface area contributed by atoms with Gasteiger partial charge in [-0.05, 0) is 26.3 Å². The number of nitro benzene ring substituents is 1. The summed E-state index contributed by atoms with van der Waals surface area (Å²) in [7, 11) is 0. The lowest BCUT2D eigenvalue weighted by Gasteiger charge is -2.19. The number of hydrogen-bond donors (Lipinski definition) is 1. The Hall–Kier alpha value is -1.56. The molecule has 0 saturated heterocycles. The summed E-state index contributed by atoms with van der Waals surface area (Å²) in [5.41, 5.74) is 0.800. The highest BCUT2D eigenvalue weighted by Crippen LogP contribution is 2.36. The molecule has 0 unspecified atom stereocenters. The third kappa shape index (κ3) is 3.20. The van der Waals surface area contributed by atoms with Crippen molar-refractivity contribution in [1.29, 1.82) is 0 Å². The van der Waals surface area contributed by atoms with Gasteiger partial charge in [-0.25, -0.2) is 0 Å². The smallest absolute Gasteiger partial charge is 0.319 e. The summed E-state index contributed by atoms with van der Waals surface area (Å²) in [4.78, 5) is 21.8. The second-order valence-corrected chi connectivity index (χ2v) is 5.79. The molecule has 0 aliphatic carbocycles. The highest BCUT2D eigenvalue weighted by molar-refractivity contribution is 8.01. The molecule has 0 aliphatic rings. The molecule has 0 fully saturated rings. The number of nitrogens with zero attached hydrogens (tertiary/aromatic N) is 1. The SMILES string of the molecule is Cc1ccc([N+](=O)[O-])cc1SC(C)(C)C(=O)O. The summed E-state index contributed by atoms with van der Waals surface area (Å²) in [6, 6.07) is 4.44. The second-order valence-electron chi connectivity index (χ2n) is 4.12. The molecular weight excluding hydrogens is 242 g/mol. The fourth-order valence-electron chi connectivity index (χ4n) is 1.13. The largest absolute Gasteiger partial charge is 0.480 e. The van der Waals surface area contributed by atoms with Crippen molar-refractivity contribution in [3.63, 3.8) is 0 Å². The van der Waals surface area contributed by atoms with Crippen LogP contribution in [-0.2, 0) is 4.79 Å². The van der Waals surface area contributed by atoms with Crippen LogP contribution in [0.15, 0.2) is 23.1 Å². The van der Waals surface area contributed by atoms with Gasteiger partial charge in [-0.15, -0.1) is 11.8 Å². The Morgan fingerprint density at radius 3 is 2.53 bits per heavy atom. The van der Waals surface area contributed by atoms with Crippen LogP contribution in [0.5, 0.6) is 0 Å². The normalized spacial score (nSPS) is 11.2. The van der Waals surface area contributed by atoms with E-state index in [1.807, 2.05) is 0 Å². The number of rotatable bonds is 4. The zero-order valence-corrected chi connectivity index (χ0v) is 10.6. The summed E-state index contributed by atoms with van der Waals surface area (Å²) < 4.78 is -1.01. The molecule has 0 aliphatic heterocycles. The lowest BCUT2D eigenvalue weighted by molar-refractivity contribution is -0.385. The molecule has 0 aromatic heterocycles. The van der Waals surface area contributed by atoms with Crippen molar-refractivity contribution in [2.24, 2.45) is 0 Å². The van der Waals surface area contributed by atoms with Crippen molar-refractivity contribution >= 4 is 23.4 Å². The number of carbonyl (C=O) groups is 1. The molecule has 0 heterocycles. The summed E-state index contributed by atoms with van der Waals surface area (Å²) in [6.45, 7) is 4.93. The van der Waals surface area contributed by atoms with Gasteiger partial charge in [-0.2, -0.15) is 0 Å². The van der Waals surface area contributed by atoms with Crippen molar-refractivity contribution in [2.45, 2.75) is 30.4 Å². The molecular formula is C11H13NO4S. The van der Waals surface area contributed by atoms with E-state index in [4.69, 9.17) is 5.11 Å². The molecule has 0 atom stereocenters. The molecule has 0 spiro atoms. The first-order valence-electron chi connectivity index (χ1n) is 4.91. The van der Waals surface area contributed by atoms with Gasteiger partial charge in [0.25, 0.3) is 5.69 Å². The molecule has 1 rings (SSSR count). The van der Waals surface area contributed by atoms with Crippen molar-refractivity contribution in [1.82, 2.24) is 0 Å². The maximum absolute atomic E-state index is 11.0. The molecule has 5 nitrogen and oxygen atoms in total. The fourth-order valence-corrected chi connectivity index (χ4v) is 2.18. The Morgan fingerprint density at radius 2 is 2.06 bits per heavy atom. The molecule has 92 valence electrons. The number of aryl methyl sites for hydroxylation is 1. The van der Waals surface area contributed by atoms with Crippen LogP contribution in [0.3, 0.4) is 0 Å². The molecule has 0 bridgehead atoms. The lowest BCUT2D eigenvalue weighted by Crippen LogP contribution is -2.27. The predicted octanol–water partition coefficient (Wildman–Crippen LogP) is 2.86. The summed E-state index contributed by atoms with van der Waals surface area (Å²) in [5, 5.41) is 19.7. The van der Waals surface area contributed by atoms with E-state index in [0.29, 0.717) is 4.90 Å². The summed E-state index contributed by atoms with van der Waals surface area (Å²) in [5.74, 6) is -0.951. The van der Waals surface area contributed by atoms with Crippen LogP contribution in [-0.4, -0.2) is 20.7 Å². The first-order chi connectivity index (χ1) is 7.74. The van der Waals surface area contributed by atoms with Gasteiger partial charge >= 0.3 is 5.97 Å². The van der Waals surface area contributed by atoms with Crippen LogP contribution >= 0.6 is 11.8 Å². The first kappa shape index (κ1) is 13.5. The van der Waals surface area contributed by atoms with Crippen LogP contribution in [0.2, 0.25) is 0 Å². The number of benzene rings is 1. The van der Waals surface area contributed by atoms with Crippen LogP contribution < -0.4 is 0 Å². The van der Waals surface area contributed by atoms with E-state index in [-0.39, 0.29) is 5.69 Å². The zero-order valence-electron chi connectivity index (χ0n) is 9.76. The van der Waals surface area contributed by atoms with Gasteiger partial charge in [-0.3, -0.25) is 14.9 Å². The minimum absolute atomic E-state index is 0.0284. The highest BCUT2D eigenvalue weighted by atomic mass is 32.2. The molecule has 0 radical (unpaired) electrons. The van der Waals surface area contributed by atoms with Gasteiger partial charge in [0.2, 0.25) is 0 Å². The Morgan fingerprint density at radius 1 is 1.47 bits per heavy atom. The van der Waals surface area contributed by atoms with E-state index >= 15 is 0 Å². The number of carboxylic acid groups (broad SMARTS) is 1. The number of non-ortho nitro benzene ring substituents is 1. The van der Waals surface area contributed by atoms with Crippen molar-refractivity contribution in [3.8, 4) is 0 Å². The van der Waals surface area contributed by atoms with Crippen molar-refractivity contribution in [3.05, 3.63) is 33.9 Å². The third-order valence-corrected chi connectivity index (χ3v) is 3.61. The van der Waals surface area contributed by atoms with Gasteiger partial charge in [-0.1, -0.05) is 6.07 Å². The molecule has 1 aromatic rings. The first-order valence-corrected chi connectivity index (χ1v) is 5.73. The van der Waals surface area contributed by atoms with Gasteiger partial charge in [0.05, 0.1) is 4.92 Å². The maximum atomic E-state index is 11.0. The fraction of sp³-hybridized carbons (Fsp3) is 0.364. The second kappa shape index (κ2) is 4.75. The molecule has 17 heavy (non-hydrogen) atoms. The third-order valence-electron chi connectivity index (χ3n) is 2.26. The van der Waals surface area contributed by atoms with Gasteiger partial charge in [0.1, 0.15) is 4.75 Å². The number of nitro groups is 1. The average molecular weight is 255 g/mol. The Balaban J connectivity index is 3.10. The van der Waals surface area contributed by atoms with E-state index in [1.165, 1.54) is 12.1 Å². The quantitative estimate of drug-likeness (QED) is 0.508. The lowest BCUT2D eigenvalue weighted by atomic mass is 10.2. The van der Waals surface area contributed by atoms with E-state index < -0.39 is 15.6 Å². The minimum Gasteiger partial charge on any atom is -0.480 e. The van der Waals surface area contributed by atoms with Crippen molar-refractivity contribution in [2.75, 3.05) is 0 Å². The number of aliphatic carboxylic acids is 1. The van der Waals surface area contributed by atoms with Crippen molar-refractivity contribution < 1.29 is 14.8 Å². The summed E-state index contributed by atoms with van der Waals surface area (Å²) >= 11 is 1.11. The van der Waals surface area contributed by atoms with Gasteiger partial charge in [0.15, 0.2) is 0 Å². The number of thioether (sulfide) groups is 1. The minimum atomic E-state index is -1.01. The topological polar surface area (TPSA) is 80.4 Å². The summed E-state index contributed by atoms with van der Waals surface area (Å²) in [6.07, 6.45) is 0. The van der Waals surface area contributed by atoms with E-state index in [9.17, 15) is 14.9 Å². The van der Waals surface area contributed by atoms with Crippen LogP contribution in [0.4, 0.5) is 5.69 Å². The van der Waals surface area contributed by atoms with Crippen LogP contribution in [0.25, 0.3) is 0 Å². The molecule has 1 N–H and O–H groups in total. The van der Waals surface area contributed by atoms with Crippen LogP contribution in [0.1, 0.15) is 19.4 Å². The standard InChI is InChI=1S/C11H13NO4S/c1-7-4-5-8(12(15)16)6-9(7)17-11(2,3)10(13)14/h4-6H,1-3H3,(H,13,14). The van der Waals surface area contributed by atoms with Gasteiger partial charge in [0, 0.05) is 17.0 Å². The molecule has 1 aromatic carbocycles. The molecule has 6 heteroatoms. The Kier molecular flexibility index (Phi) is 3.77. The van der Waals surface area contributed by atoms with Gasteiger partial charge < -0.3 is 5.11 Å². The maximum Gasteiger partial charge on any atom is 0.319 e. The number of carboxylic acids is 1. The van der Waals surface area contributed by atoms with E-state index in [1.54, 1.807) is 26.8 Å². The molecule has 0 amide bonds. The highest BCUT2D eigenvalue weighted by Gasteiger charge is 2.29. The average Bonchev–Trinajstić information content (AvgIpc) is 2.20. The Bertz CT molecular complexity index is 471. The zero-order chi connectivity index (χ0) is 13.2. The predicted molar refractivity (Wildman–Crippen MR) is 65.4 cm³/mol. The molecule has 0 saturated carbocycles. The van der Waals surface area contributed by atoms with E-state index in [2.05, 4.69) is 0 Å². The monoisotopic (exact) mass is 255 g/mol. The Labute approximate surface area is 103 Å².